The fourth-order valence-corrected chi connectivity index (χ4v) is 1.63. The number of nitrogens with two attached hydrogens (primary N) is 1. The van der Waals surface area contributed by atoms with Gasteiger partial charge in [0.2, 0.25) is 5.91 Å². The smallest absolute Gasteiger partial charge is 0.226 e. The van der Waals surface area contributed by atoms with Crippen molar-refractivity contribution in [1.82, 2.24) is 0 Å². The Morgan fingerprint density at radius 2 is 2.05 bits per heavy atom. The van der Waals surface area contributed by atoms with Crippen LogP contribution in [0.2, 0.25) is 0 Å². The highest BCUT2D eigenvalue weighted by Gasteiger charge is 2.04. The zero-order valence-electron chi connectivity index (χ0n) is 11.6. The molecule has 0 aliphatic rings. The molecule has 5 nitrogen and oxygen atoms in total. The summed E-state index contributed by atoms with van der Waals surface area (Å²) in [6.45, 7) is 4.01. The summed E-state index contributed by atoms with van der Waals surface area (Å²) >= 11 is 4.89. The lowest BCUT2D eigenvalue weighted by atomic mass is 10.2. The van der Waals surface area contributed by atoms with Gasteiger partial charge in [0, 0.05) is 17.9 Å². The van der Waals surface area contributed by atoms with Gasteiger partial charge in [0.25, 0.3) is 0 Å². The van der Waals surface area contributed by atoms with Gasteiger partial charge < -0.3 is 20.5 Å². The van der Waals surface area contributed by atoms with Crippen LogP contribution in [-0.2, 0) is 14.3 Å². The molecule has 0 saturated carbocycles. The number of thiocarbonyl (C=S) groups is 1. The number of carbonyl (C=O) groups is 1. The van der Waals surface area contributed by atoms with Gasteiger partial charge in [-0.1, -0.05) is 24.4 Å². The molecule has 0 radical (unpaired) electrons. The molecule has 6 heteroatoms. The highest BCUT2D eigenvalue weighted by molar-refractivity contribution is 7.80. The predicted molar refractivity (Wildman–Crippen MR) is 82.9 cm³/mol. The first kappa shape index (κ1) is 16.6. The SMILES string of the molecule is CCOCCOCCC(=O)Nc1cccc(C(N)=S)c1. The molecule has 1 aromatic carbocycles. The standard InChI is InChI=1S/C14H20N2O3S/c1-2-18-8-9-19-7-6-13(17)16-12-5-3-4-11(10-12)14(15)20/h3-5,10H,2,6-9H2,1H3,(H2,15,20)(H,16,17). The molecule has 0 atom stereocenters. The summed E-state index contributed by atoms with van der Waals surface area (Å²) in [6, 6.07) is 7.13. The topological polar surface area (TPSA) is 73.6 Å². The monoisotopic (exact) mass is 296 g/mol. The van der Waals surface area contributed by atoms with E-state index in [0.29, 0.717) is 43.5 Å². The average molecular weight is 296 g/mol. The summed E-state index contributed by atoms with van der Waals surface area (Å²) in [6.07, 6.45) is 0.295. The van der Waals surface area contributed by atoms with Gasteiger partial charge in [-0.25, -0.2) is 0 Å². The molecule has 0 fully saturated rings. The predicted octanol–water partition coefficient (Wildman–Crippen LogP) is 1.70. The zero-order chi connectivity index (χ0) is 14.8. The second kappa shape index (κ2) is 9.41. The first-order valence-electron chi connectivity index (χ1n) is 6.48. The van der Waals surface area contributed by atoms with Crippen LogP contribution in [0, 0.1) is 0 Å². The van der Waals surface area contributed by atoms with E-state index < -0.39 is 0 Å². The van der Waals surface area contributed by atoms with E-state index in [1.807, 2.05) is 6.92 Å². The van der Waals surface area contributed by atoms with Gasteiger partial charge in [0.1, 0.15) is 4.99 Å². The van der Waals surface area contributed by atoms with Crippen LogP contribution in [0.4, 0.5) is 5.69 Å². The third-order valence-corrected chi connectivity index (χ3v) is 2.72. The maximum Gasteiger partial charge on any atom is 0.226 e. The lowest BCUT2D eigenvalue weighted by Crippen LogP contribution is -2.16. The summed E-state index contributed by atoms with van der Waals surface area (Å²) in [7, 11) is 0. The number of benzene rings is 1. The molecule has 1 amide bonds. The molecule has 0 unspecified atom stereocenters. The number of rotatable bonds is 9. The van der Waals surface area contributed by atoms with Crippen molar-refractivity contribution in [2.45, 2.75) is 13.3 Å². The van der Waals surface area contributed by atoms with Crippen molar-refractivity contribution in [3.05, 3.63) is 29.8 Å². The van der Waals surface area contributed by atoms with Crippen molar-refractivity contribution < 1.29 is 14.3 Å². The zero-order valence-corrected chi connectivity index (χ0v) is 12.4. The number of hydrogen-bond acceptors (Lipinski definition) is 4. The Morgan fingerprint density at radius 1 is 1.30 bits per heavy atom. The first-order valence-corrected chi connectivity index (χ1v) is 6.89. The highest BCUT2D eigenvalue weighted by Crippen LogP contribution is 2.10. The van der Waals surface area contributed by atoms with Gasteiger partial charge in [-0.2, -0.15) is 0 Å². The molecule has 0 spiro atoms. The van der Waals surface area contributed by atoms with Crippen molar-refractivity contribution in [2.75, 3.05) is 31.7 Å². The maximum atomic E-state index is 11.7. The van der Waals surface area contributed by atoms with E-state index in [2.05, 4.69) is 5.32 Å². The van der Waals surface area contributed by atoms with Gasteiger partial charge in [0.15, 0.2) is 0 Å². The van der Waals surface area contributed by atoms with Crippen LogP contribution in [0.5, 0.6) is 0 Å². The summed E-state index contributed by atoms with van der Waals surface area (Å²) in [5.74, 6) is -0.110. The Bertz CT molecular complexity index is 452. The van der Waals surface area contributed by atoms with Crippen LogP contribution in [0.15, 0.2) is 24.3 Å². The minimum atomic E-state index is -0.110. The van der Waals surface area contributed by atoms with Gasteiger partial charge in [0.05, 0.1) is 26.2 Å². The lowest BCUT2D eigenvalue weighted by molar-refractivity contribution is -0.117. The van der Waals surface area contributed by atoms with Crippen LogP contribution >= 0.6 is 12.2 Å². The Morgan fingerprint density at radius 3 is 2.75 bits per heavy atom. The molecule has 0 saturated heterocycles. The van der Waals surface area contributed by atoms with E-state index in [0.717, 1.165) is 5.56 Å². The van der Waals surface area contributed by atoms with Gasteiger partial charge in [-0.3, -0.25) is 4.79 Å². The fraction of sp³-hybridized carbons (Fsp3) is 0.429. The number of carbonyl (C=O) groups excluding carboxylic acids is 1. The normalized spacial score (nSPS) is 10.2. The molecule has 0 heterocycles. The second-order valence-electron chi connectivity index (χ2n) is 4.05. The molecular weight excluding hydrogens is 276 g/mol. The van der Waals surface area contributed by atoms with E-state index in [1.54, 1.807) is 24.3 Å². The van der Waals surface area contributed by atoms with Crippen LogP contribution in [0.1, 0.15) is 18.9 Å². The summed E-state index contributed by atoms with van der Waals surface area (Å²) in [5.41, 5.74) is 6.94. The minimum absolute atomic E-state index is 0.110. The van der Waals surface area contributed by atoms with Crippen molar-refractivity contribution in [3.63, 3.8) is 0 Å². The van der Waals surface area contributed by atoms with Crippen LogP contribution < -0.4 is 11.1 Å². The molecule has 3 N–H and O–H groups in total. The van der Waals surface area contributed by atoms with E-state index in [-0.39, 0.29) is 5.91 Å². The van der Waals surface area contributed by atoms with Gasteiger partial charge >= 0.3 is 0 Å². The van der Waals surface area contributed by atoms with E-state index >= 15 is 0 Å². The molecule has 110 valence electrons. The van der Waals surface area contributed by atoms with Crippen molar-refractivity contribution in [1.29, 1.82) is 0 Å². The summed E-state index contributed by atoms with van der Waals surface area (Å²) in [5, 5.41) is 2.77. The molecule has 0 aliphatic heterocycles. The summed E-state index contributed by atoms with van der Waals surface area (Å²) in [4.78, 5) is 12.0. The van der Waals surface area contributed by atoms with Gasteiger partial charge in [-0.15, -0.1) is 0 Å². The molecule has 0 aliphatic carbocycles. The largest absolute Gasteiger partial charge is 0.389 e. The maximum absolute atomic E-state index is 11.7. The highest BCUT2D eigenvalue weighted by atomic mass is 32.1. The Kier molecular flexibility index (Phi) is 7.79. The minimum Gasteiger partial charge on any atom is -0.389 e. The van der Waals surface area contributed by atoms with Crippen molar-refractivity contribution in [3.8, 4) is 0 Å². The molecular formula is C14H20N2O3S. The number of hydrogen-bond donors (Lipinski definition) is 2. The quantitative estimate of drug-likeness (QED) is 0.536. The summed E-state index contributed by atoms with van der Waals surface area (Å²) < 4.78 is 10.4. The lowest BCUT2D eigenvalue weighted by Gasteiger charge is -2.07. The Balaban J connectivity index is 2.28. The van der Waals surface area contributed by atoms with Gasteiger partial charge in [-0.05, 0) is 19.1 Å². The first-order chi connectivity index (χ1) is 9.63. The van der Waals surface area contributed by atoms with E-state index in [1.165, 1.54) is 0 Å². The molecule has 1 rings (SSSR count). The van der Waals surface area contributed by atoms with E-state index in [9.17, 15) is 4.79 Å². The number of amides is 1. The molecule has 0 aromatic heterocycles. The van der Waals surface area contributed by atoms with Crippen LogP contribution in [0.25, 0.3) is 0 Å². The molecule has 20 heavy (non-hydrogen) atoms. The van der Waals surface area contributed by atoms with Crippen molar-refractivity contribution in [2.24, 2.45) is 5.73 Å². The van der Waals surface area contributed by atoms with Crippen molar-refractivity contribution >= 4 is 28.8 Å². The fourth-order valence-electron chi connectivity index (χ4n) is 1.50. The third-order valence-electron chi connectivity index (χ3n) is 2.48. The number of anilines is 1. The molecule has 1 aromatic rings. The molecule has 0 bridgehead atoms. The van der Waals surface area contributed by atoms with Crippen LogP contribution in [0.3, 0.4) is 0 Å². The van der Waals surface area contributed by atoms with Crippen LogP contribution in [-0.4, -0.2) is 37.3 Å². The third kappa shape index (κ3) is 6.60. The Labute approximate surface area is 124 Å². The second-order valence-corrected chi connectivity index (χ2v) is 4.49. The number of ether oxygens (including phenoxy) is 2. The Hall–Kier alpha value is -1.50. The average Bonchev–Trinajstić information content (AvgIpc) is 2.43. The van der Waals surface area contributed by atoms with E-state index in [4.69, 9.17) is 27.4 Å². The number of nitrogens with one attached hydrogen (secondary N) is 1.